The molecule has 0 spiro atoms. The van der Waals surface area contributed by atoms with Crippen LogP contribution in [-0.4, -0.2) is 25.2 Å². The van der Waals surface area contributed by atoms with Gasteiger partial charge in [0, 0.05) is 18.6 Å². The molecule has 1 aliphatic heterocycles. The second kappa shape index (κ2) is 4.24. The second-order valence-electron chi connectivity index (χ2n) is 6.96. The fourth-order valence-corrected chi connectivity index (χ4v) is 5.53. The summed E-state index contributed by atoms with van der Waals surface area (Å²) in [5, 5.41) is 7.51. The summed E-state index contributed by atoms with van der Waals surface area (Å²) < 4.78 is 0. The van der Waals surface area contributed by atoms with E-state index in [1.807, 2.05) is 0 Å². The molecule has 0 radical (unpaired) electrons. The molecule has 4 rings (SSSR count). The fraction of sp³-hybridized carbons (Fsp3) is 1.00. The third kappa shape index (κ3) is 1.76. The molecule has 6 unspecified atom stereocenters. The van der Waals surface area contributed by atoms with Crippen molar-refractivity contribution in [3.63, 3.8) is 0 Å². The van der Waals surface area contributed by atoms with Gasteiger partial charge in [0.15, 0.2) is 0 Å². The molecule has 3 saturated carbocycles. The maximum absolute atomic E-state index is 3.91. The van der Waals surface area contributed by atoms with Crippen molar-refractivity contribution in [2.45, 2.75) is 57.0 Å². The lowest BCUT2D eigenvalue weighted by Crippen LogP contribution is -2.44. The van der Waals surface area contributed by atoms with Gasteiger partial charge in [-0.1, -0.05) is 6.42 Å². The van der Waals surface area contributed by atoms with Crippen LogP contribution in [0.4, 0.5) is 0 Å². The molecular weight excluding hydrogens is 208 g/mol. The Balaban J connectivity index is 1.34. The molecule has 96 valence electrons. The standard InChI is InChI=1S/C15H26N2/c1-4-12-10-7-14(13(12)5-1)15(8-10)17-9-11-3-2-6-16-11/h10-17H,1-9H2. The highest BCUT2D eigenvalue weighted by atomic mass is 15.0. The van der Waals surface area contributed by atoms with Crippen molar-refractivity contribution in [1.82, 2.24) is 10.6 Å². The monoisotopic (exact) mass is 234 g/mol. The predicted octanol–water partition coefficient (Wildman–Crippen LogP) is 2.15. The first kappa shape index (κ1) is 10.8. The largest absolute Gasteiger partial charge is 0.313 e. The van der Waals surface area contributed by atoms with E-state index >= 15 is 0 Å². The summed E-state index contributed by atoms with van der Waals surface area (Å²) in [4.78, 5) is 0. The van der Waals surface area contributed by atoms with Crippen molar-refractivity contribution < 1.29 is 0 Å². The van der Waals surface area contributed by atoms with E-state index in [9.17, 15) is 0 Å². The van der Waals surface area contributed by atoms with Crippen molar-refractivity contribution in [1.29, 1.82) is 0 Å². The molecule has 0 amide bonds. The van der Waals surface area contributed by atoms with Crippen molar-refractivity contribution in [3.05, 3.63) is 0 Å². The van der Waals surface area contributed by atoms with Crippen LogP contribution in [0.5, 0.6) is 0 Å². The molecule has 0 aromatic rings. The Hall–Kier alpha value is -0.0800. The first-order valence-electron chi connectivity index (χ1n) is 7.88. The van der Waals surface area contributed by atoms with E-state index in [0.29, 0.717) is 0 Å². The minimum absolute atomic E-state index is 0.772. The maximum Gasteiger partial charge on any atom is 0.0193 e. The molecule has 0 aromatic carbocycles. The van der Waals surface area contributed by atoms with Crippen LogP contribution >= 0.6 is 0 Å². The average Bonchev–Trinajstić information content (AvgIpc) is 3.08. The molecule has 3 aliphatic carbocycles. The van der Waals surface area contributed by atoms with Gasteiger partial charge in [-0.2, -0.15) is 0 Å². The topological polar surface area (TPSA) is 24.1 Å². The molecule has 2 N–H and O–H groups in total. The molecule has 6 atom stereocenters. The lowest BCUT2D eigenvalue weighted by atomic mass is 9.79. The molecule has 17 heavy (non-hydrogen) atoms. The highest BCUT2D eigenvalue weighted by Gasteiger charge is 2.53. The highest BCUT2D eigenvalue weighted by molar-refractivity contribution is 5.05. The number of hydrogen-bond acceptors (Lipinski definition) is 2. The average molecular weight is 234 g/mol. The van der Waals surface area contributed by atoms with Crippen LogP contribution in [0.25, 0.3) is 0 Å². The molecule has 0 aromatic heterocycles. The van der Waals surface area contributed by atoms with Gasteiger partial charge >= 0.3 is 0 Å². The summed E-state index contributed by atoms with van der Waals surface area (Å²) in [5.74, 6) is 4.40. The van der Waals surface area contributed by atoms with Gasteiger partial charge in [-0.25, -0.2) is 0 Å². The van der Waals surface area contributed by atoms with E-state index in [1.165, 1.54) is 38.8 Å². The first-order valence-corrected chi connectivity index (χ1v) is 7.88. The zero-order valence-corrected chi connectivity index (χ0v) is 10.8. The van der Waals surface area contributed by atoms with Gasteiger partial charge in [0.25, 0.3) is 0 Å². The fourth-order valence-electron chi connectivity index (χ4n) is 5.53. The third-order valence-electron chi connectivity index (χ3n) is 6.22. The smallest absolute Gasteiger partial charge is 0.0193 e. The van der Waals surface area contributed by atoms with E-state index in [1.54, 1.807) is 19.3 Å². The number of hydrogen-bond donors (Lipinski definition) is 2. The van der Waals surface area contributed by atoms with Crippen LogP contribution in [0.3, 0.4) is 0 Å². The number of nitrogens with one attached hydrogen (secondary N) is 2. The molecule has 2 heteroatoms. The summed E-state index contributed by atoms with van der Waals surface area (Å²) in [5.41, 5.74) is 0. The van der Waals surface area contributed by atoms with Gasteiger partial charge < -0.3 is 10.6 Å². The summed E-state index contributed by atoms with van der Waals surface area (Å²) >= 11 is 0. The van der Waals surface area contributed by atoms with Crippen LogP contribution in [0.1, 0.15) is 44.9 Å². The van der Waals surface area contributed by atoms with E-state index in [-0.39, 0.29) is 0 Å². The number of rotatable bonds is 3. The van der Waals surface area contributed by atoms with E-state index < -0.39 is 0 Å². The van der Waals surface area contributed by atoms with Gasteiger partial charge in [0.2, 0.25) is 0 Å². The summed E-state index contributed by atoms with van der Waals surface area (Å²) in [6.45, 7) is 2.47. The maximum atomic E-state index is 3.91. The van der Waals surface area contributed by atoms with Crippen molar-refractivity contribution in [2.75, 3.05) is 13.1 Å². The molecular formula is C15H26N2. The lowest BCUT2D eigenvalue weighted by molar-refractivity contribution is 0.206. The quantitative estimate of drug-likeness (QED) is 0.782. The van der Waals surface area contributed by atoms with Crippen molar-refractivity contribution in [3.8, 4) is 0 Å². The van der Waals surface area contributed by atoms with Crippen LogP contribution < -0.4 is 10.6 Å². The minimum atomic E-state index is 0.772. The van der Waals surface area contributed by atoms with E-state index in [4.69, 9.17) is 0 Å². The normalized spacial score (nSPS) is 52.2. The van der Waals surface area contributed by atoms with Crippen molar-refractivity contribution >= 4 is 0 Å². The van der Waals surface area contributed by atoms with Crippen LogP contribution in [0.2, 0.25) is 0 Å². The Labute approximate surface area is 105 Å². The van der Waals surface area contributed by atoms with Gasteiger partial charge in [0.1, 0.15) is 0 Å². The Morgan fingerprint density at radius 2 is 1.88 bits per heavy atom. The molecule has 4 fully saturated rings. The molecule has 2 nitrogen and oxygen atoms in total. The van der Waals surface area contributed by atoms with Crippen LogP contribution in [0.15, 0.2) is 0 Å². The van der Waals surface area contributed by atoms with Crippen LogP contribution in [0, 0.1) is 23.7 Å². The molecule has 2 bridgehead atoms. The second-order valence-corrected chi connectivity index (χ2v) is 6.96. The SMILES string of the molecule is C1CNC(CNC2CC3CC2C2CCCC32)C1. The highest BCUT2D eigenvalue weighted by Crippen LogP contribution is 2.58. The van der Waals surface area contributed by atoms with Crippen LogP contribution in [-0.2, 0) is 0 Å². The molecule has 4 aliphatic rings. The summed E-state index contributed by atoms with van der Waals surface area (Å²) in [6, 6.07) is 1.65. The summed E-state index contributed by atoms with van der Waals surface area (Å²) in [7, 11) is 0. The molecule has 1 saturated heterocycles. The lowest BCUT2D eigenvalue weighted by Gasteiger charge is -2.32. The Morgan fingerprint density at radius 1 is 0.941 bits per heavy atom. The van der Waals surface area contributed by atoms with Gasteiger partial charge in [-0.3, -0.25) is 0 Å². The Morgan fingerprint density at radius 3 is 2.76 bits per heavy atom. The van der Waals surface area contributed by atoms with E-state index in [0.717, 1.165) is 35.8 Å². The van der Waals surface area contributed by atoms with E-state index in [2.05, 4.69) is 10.6 Å². The van der Waals surface area contributed by atoms with Gasteiger partial charge in [0.05, 0.1) is 0 Å². The summed E-state index contributed by atoms with van der Waals surface area (Å²) in [6.07, 6.45) is 10.5. The Bertz CT molecular complexity index is 285. The third-order valence-corrected chi connectivity index (χ3v) is 6.22. The zero-order valence-electron chi connectivity index (χ0n) is 10.8. The Kier molecular flexibility index (Phi) is 2.69. The first-order chi connectivity index (χ1) is 8.42. The zero-order chi connectivity index (χ0) is 11.2. The van der Waals surface area contributed by atoms with Crippen molar-refractivity contribution in [2.24, 2.45) is 23.7 Å². The molecule has 1 heterocycles. The number of fused-ring (bicyclic) bond motifs is 5. The predicted molar refractivity (Wildman–Crippen MR) is 69.9 cm³/mol. The van der Waals surface area contributed by atoms with Gasteiger partial charge in [-0.15, -0.1) is 0 Å². The van der Waals surface area contributed by atoms with Gasteiger partial charge in [-0.05, 0) is 68.7 Å². The minimum Gasteiger partial charge on any atom is -0.313 e.